The Balaban J connectivity index is 1.35. The zero-order valence-electron chi connectivity index (χ0n) is 26.1. The second-order valence-corrected chi connectivity index (χ2v) is 13.5. The summed E-state index contributed by atoms with van der Waals surface area (Å²) in [5, 5.41) is 18.5. The summed E-state index contributed by atoms with van der Waals surface area (Å²) in [6.45, 7) is 12.7. The topological polar surface area (TPSA) is 145 Å². The molecule has 6 rings (SSSR count). The van der Waals surface area contributed by atoms with E-state index in [4.69, 9.17) is 29.9 Å². The molecule has 2 aliphatic heterocycles. The molecule has 3 N–H and O–H groups in total. The number of thiophene rings is 1. The van der Waals surface area contributed by atoms with Gasteiger partial charge in [-0.05, 0) is 65.5 Å². The van der Waals surface area contributed by atoms with Crippen LogP contribution in [0.1, 0.15) is 67.8 Å². The first-order valence-electron chi connectivity index (χ1n) is 15.9. The summed E-state index contributed by atoms with van der Waals surface area (Å²) >= 11 is 1.51. The Morgan fingerprint density at radius 3 is 2.91 bits per heavy atom. The highest BCUT2D eigenvalue weighted by atomic mass is 32.1. The van der Waals surface area contributed by atoms with E-state index in [-0.39, 0.29) is 6.04 Å². The van der Waals surface area contributed by atoms with E-state index in [2.05, 4.69) is 45.1 Å². The molecule has 1 aliphatic carbocycles. The van der Waals surface area contributed by atoms with E-state index in [1.54, 1.807) is 7.11 Å². The minimum absolute atomic E-state index is 0.239. The lowest BCUT2D eigenvalue weighted by Crippen LogP contribution is -2.40. The molecule has 0 bridgehead atoms. The highest BCUT2D eigenvalue weighted by Gasteiger charge is 2.43. The van der Waals surface area contributed by atoms with Crippen LogP contribution in [0.3, 0.4) is 0 Å². The predicted molar refractivity (Wildman–Crippen MR) is 172 cm³/mol. The number of aryl methyl sites for hydroxylation is 1. The second kappa shape index (κ2) is 13.4. The van der Waals surface area contributed by atoms with Crippen LogP contribution >= 0.6 is 11.3 Å². The van der Waals surface area contributed by atoms with Crippen LogP contribution in [0.4, 0.5) is 16.8 Å². The van der Waals surface area contributed by atoms with E-state index in [0.29, 0.717) is 33.9 Å². The molecule has 12 nitrogen and oxygen atoms in total. The molecule has 0 amide bonds. The zero-order valence-corrected chi connectivity index (χ0v) is 27.0. The first-order valence-corrected chi connectivity index (χ1v) is 16.7. The molecule has 5 heterocycles. The number of hydrogen-bond acceptors (Lipinski definition) is 13. The molecule has 0 radical (unpaired) electrons. The Hall–Kier alpha value is -3.31. The Morgan fingerprint density at radius 2 is 2.07 bits per heavy atom. The van der Waals surface area contributed by atoms with Gasteiger partial charge in [0, 0.05) is 75.5 Å². The fourth-order valence-electron chi connectivity index (χ4n) is 6.94. The molecular weight excluding hydrogens is 576 g/mol. The van der Waals surface area contributed by atoms with Crippen molar-refractivity contribution in [2.45, 2.75) is 63.8 Å². The number of methoxy groups -OCH3 is 1. The van der Waals surface area contributed by atoms with Gasteiger partial charge in [0.15, 0.2) is 0 Å². The number of nitrogens with one attached hydrogen (secondary N) is 1. The summed E-state index contributed by atoms with van der Waals surface area (Å²) in [5.74, 6) is 2.53. The molecule has 2 atom stereocenters. The van der Waals surface area contributed by atoms with Crippen molar-refractivity contribution in [2.75, 3.05) is 81.6 Å². The minimum Gasteiger partial charge on any atom is -0.389 e. The number of rotatable bonds is 8. The number of nitrogens with two attached hydrogens (primary N) is 1. The highest BCUT2D eigenvalue weighted by molar-refractivity contribution is 7.16. The van der Waals surface area contributed by atoms with Crippen LogP contribution in [0.5, 0.6) is 0 Å². The van der Waals surface area contributed by atoms with Gasteiger partial charge in [0.05, 0.1) is 11.0 Å². The number of aromatic nitrogens is 4. The molecule has 0 aromatic carbocycles. The first-order chi connectivity index (χ1) is 21.4. The molecule has 3 aromatic heterocycles. The number of anilines is 3. The SMILES string of the molecule is COCCCN1CCCN(c2nc(-c3noc([C@@]4(C)CCCc5sc(N)c(C#N)c54)n3)cc(N3CCCNCC3)n2)[C@@H](C)C1. The van der Waals surface area contributed by atoms with Crippen LogP contribution in [-0.2, 0) is 16.6 Å². The molecule has 3 aromatic rings. The van der Waals surface area contributed by atoms with E-state index in [0.717, 1.165) is 114 Å². The predicted octanol–water partition coefficient (Wildman–Crippen LogP) is 3.42. The van der Waals surface area contributed by atoms with E-state index in [1.165, 1.54) is 11.3 Å². The lowest BCUT2D eigenvalue weighted by molar-refractivity contribution is 0.172. The number of hydrogen-bond donors (Lipinski definition) is 2. The first kappa shape index (κ1) is 30.7. The van der Waals surface area contributed by atoms with Gasteiger partial charge in [-0.15, -0.1) is 11.3 Å². The molecule has 44 heavy (non-hydrogen) atoms. The summed E-state index contributed by atoms with van der Waals surface area (Å²) in [6.07, 6.45) is 5.78. The van der Waals surface area contributed by atoms with Crippen molar-refractivity contribution in [3.8, 4) is 17.6 Å². The van der Waals surface area contributed by atoms with Crippen LogP contribution in [0.25, 0.3) is 11.5 Å². The van der Waals surface area contributed by atoms with E-state index >= 15 is 0 Å². The highest BCUT2D eigenvalue weighted by Crippen LogP contribution is 2.48. The van der Waals surface area contributed by atoms with E-state index in [1.807, 2.05) is 6.07 Å². The lowest BCUT2D eigenvalue weighted by Gasteiger charge is -2.31. The van der Waals surface area contributed by atoms with Gasteiger partial charge in [0.1, 0.15) is 22.6 Å². The van der Waals surface area contributed by atoms with Crippen molar-refractivity contribution < 1.29 is 9.26 Å². The van der Waals surface area contributed by atoms with Gasteiger partial charge >= 0.3 is 0 Å². The van der Waals surface area contributed by atoms with Crippen LogP contribution < -0.4 is 20.9 Å². The molecular formula is C31H44N10O2S. The van der Waals surface area contributed by atoms with Crippen molar-refractivity contribution >= 4 is 28.1 Å². The van der Waals surface area contributed by atoms with Crippen LogP contribution in [0.15, 0.2) is 10.6 Å². The molecule has 236 valence electrons. The minimum atomic E-state index is -0.585. The lowest BCUT2D eigenvalue weighted by atomic mass is 9.72. The maximum Gasteiger partial charge on any atom is 0.237 e. The number of nitriles is 1. The van der Waals surface area contributed by atoms with E-state index < -0.39 is 5.41 Å². The van der Waals surface area contributed by atoms with Gasteiger partial charge < -0.3 is 35.0 Å². The number of nitrogen functional groups attached to an aromatic ring is 1. The van der Waals surface area contributed by atoms with Crippen molar-refractivity contribution in [2.24, 2.45) is 0 Å². The largest absolute Gasteiger partial charge is 0.389 e. The maximum atomic E-state index is 9.94. The van der Waals surface area contributed by atoms with Crippen molar-refractivity contribution in [3.63, 3.8) is 0 Å². The van der Waals surface area contributed by atoms with Gasteiger partial charge in [-0.2, -0.15) is 15.2 Å². The Bertz CT molecular complexity index is 1480. The molecule has 2 fully saturated rings. The van der Waals surface area contributed by atoms with Gasteiger partial charge in [-0.25, -0.2) is 4.98 Å². The van der Waals surface area contributed by atoms with Gasteiger partial charge in [0.25, 0.3) is 0 Å². The maximum absolute atomic E-state index is 9.94. The average Bonchev–Trinajstić information content (AvgIpc) is 3.48. The van der Waals surface area contributed by atoms with Crippen molar-refractivity contribution in [3.05, 3.63) is 28.0 Å². The normalized spacial score (nSPS) is 23.2. The molecule has 0 unspecified atom stereocenters. The number of ether oxygens (including phenoxy) is 1. The third kappa shape index (κ3) is 6.13. The Morgan fingerprint density at radius 1 is 1.18 bits per heavy atom. The van der Waals surface area contributed by atoms with E-state index in [9.17, 15) is 5.26 Å². The van der Waals surface area contributed by atoms with Crippen molar-refractivity contribution in [1.82, 2.24) is 30.3 Å². The third-order valence-electron chi connectivity index (χ3n) is 9.25. The Labute approximate surface area is 263 Å². The number of nitrogens with zero attached hydrogens (tertiary/aromatic N) is 8. The fraction of sp³-hybridized carbons (Fsp3) is 0.645. The molecule has 13 heteroatoms. The Kier molecular flexibility index (Phi) is 9.32. The third-order valence-corrected chi connectivity index (χ3v) is 10.3. The van der Waals surface area contributed by atoms with Crippen LogP contribution in [0, 0.1) is 11.3 Å². The van der Waals surface area contributed by atoms with Gasteiger partial charge in [0.2, 0.25) is 17.7 Å². The summed E-state index contributed by atoms with van der Waals surface area (Å²) in [7, 11) is 1.76. The van der Waals surface area contributed by atoms with Crippen molar-refractivity contribution in [1.29, 1.82) is 5.26 Å². The monoisotopic (exact) mass is 620 g/mol. The standard InChI is InChI=1S/C31H44N10O2S/c1-21-20-39(13-7-17-42-3)12-6-15-41(21)30-35-23(18-25(36-30)40-14-5-10-34-11-16-40)28-37-29(43-38-28)31(2)9-4-8-24-26(31)22(19-32)27(33)44-24/h18,21,34H,4-17,20,33H2,1-3H3/t21-,31-/m0/s1. The number of fused-ring (bicyclic) bond motifs is 1. The fourth-order valence-corrected chi connectivity index (χ4v) is 8.14. The summed E-state index contributed by atoms with van der Waals surface area (Å²) in [5.41, 5.74) is 7.81. The average molecular weight is 621 g/mol. The molecule has 2 saturated heterocycles. The van der Waals surface area contributed by atoms with Gasteiger partial charge in [-0.1, -0.05) is 5.16 Å². The summed E-state index contributed by atoms with van der Waals surface area (Å²) in [6, 6.07) is 4.57. The van der Waals surface area contributed by atoms with Gasteiger partial charge in [-0.3, -0.25) is 0 Å². The quantitative estimate of drug-likeness (QED) is 0.356. The summed E-state index contributed by atoms with van der Waals surface area (Å²) < 4.78 is 11.3. The molecule has 0 spiro atoms. The molecule has 3 aliphatic rings. The van der Waals surface area contributed by atoms with Crippen LogP contribution in [-0.4, -0.2) is 97.1 Å². The smallest absolute Gasteiger partial charge is 0.237 e. The summed E-state index contributed by atoms with van der Waals surface area (Å²) in [4.78, 5) is 23.5. The zero-order chi connectivity index (χ0) is 30.7. The van der Waals surface area contributed by atoms with Crippen LogP contribution in [0.2, 0.25) is 0 Å². The second-order valence-electron chi connectivity index (χ2n) is 12.4. The molecule has 0 saturated carbocycles.